The zero-order valence-electron chi connectivity index (χ0n) is 14.0. The second-order valence-electron chi connectivity index (χ2n) is 7.06. The number of hydrogen-bond acceptors (Lipinski definition) is 4. The van der Waals surface area contributed by atoms with Gasteiger partial charge in [-0.1, -0.05) is 19.3 Å². The van der Waals surface area contributed by atoms with Gasteiger partial charge in [-0.25, -0.2) is 4.98 Å². The maximum absolute atomic E-state index is 12.8. The molecule has 5 heteroatoms. The monoisotopic (exact) mass is 343 g/mol. The Morgan fingerprint density at radius 1 is 1.12 bits per heavy atom. The van der Waals surface area contributed by atoms with Gasteiger partial charge in [0.25, 0.3) is 5.91 Å². The summed E-state index contributed by atoms with van der Waals surface area (Å²) in [5, 5.41) is 3.34. The summed E-state index contributed by atoms with van der Waals surface area (Å²) in [4.78, 5) is 19.7. The fourth-order valence-electron chi connectivity index (χ4n) is 4.21. The van der Waals surface area contributed by atoms with Gasteiger partial charge in [-0.05, 0) is 57.0 Å². The number of carbonyl (C=O) groups is 1. The highest BCUT2D eigenvalue weighted by Crippen LogP contribution is 2.26. The Hall–Kier alpha value is -1.46. The molecule has 1 aromatic carbocycles. The molecule has 128 valence electrons. The molecule has 2 aliphatic rings. The third-order valence-electron chi connectivity index (χ3n) is 5.50. The van der Waals surface area contributed by atoms with E-state index >= 15 is 0 Å². The van der Waals surface area contributed by atoms with E-state index in [1.54, 1.807) is 11.3 Å². The Kier molecular flexibility index (Phi) is 4.81. The SMILES string of the molecule is O=C(N[C@@H]1CCCC[C@H]1N1CCCCC1)c1ccc2ncsc2c1. The van der Waals surface area contributed by atoms with E-state index in [9.17, 15) is 4.79 Å². The van der Waals surface area contributed by atoms with Crippen LogP contribution in [0.1, 0.15) is 55.3 Å². The average Bonchev–Trinajstić information content (AvgIpc) is 3.10. The first kappa shape index (κ1) is 16.0. The third-order valence-corrected chi connectivity index (χ3v) is 6.29. The maximum atomic E-state index is 12.8. The van der Waals surface area contributed by atoms with Crippen molar-refractivity contribution in [2.24, 2.45) is 0 Å². The molecule has 0 bridgehead atoms. The molecular formula is C19H25N3OS. The Morgan fingerprint density at radius 2 is 1.96 bits per heavy atom. The average molecular weight is 343 g/mol. The van der Waals surface area contributed by atoms with E-state index in [1.807, 2.05) is 23.7 Å². The number of carbonyl (C=O) groups excluding carboxylic acids is 1. The van der Waals surface area contributed by atoms with Crippen molar-refractivity contribution >= 4 is 27.5 Å². The lowest BCUT2D eigenvalue weighted by molar-refractivity contribution is 0.0782. The van der Waals surface area contributed by atoms with Gasteiger partial charge in [0.15, 0.2) is 0 Å². The smallest absolute Gasteiger partial charge is 0.251 e. The van der Waals surface area contributed by atoms with E-state index in [0.29, 0.717) is 12.1 Å². The van der Waals surface area contributed by atoms with Gasteiger partial charge in [0.2, 0.25) is 0 Å². The largest absolute Gasteiger partial charge is 0.348 e. The van der Waals surface area contributed by atoms with Crippen LogP contribution < -0.4 is 5.32 Å². The number of fused-ring (bicyclic) bond motifs is 1. The Balaban J connectivity index is 1.47. The number of rotatable bonds is 3. The fraction of sp³-hybridized carbons (Fsp3) is 0.579. The lowest BCUT2D eigenvalue weighted by Gasteiger charge is -2.42. The van der Waals surface area contributed by atoms with Gasteiger partial charge in [-0.3, -0.25) is 9.69 Å². The van der Waals surface area contributed by atoms with Gasteiger partial charge < -0.3 is 5.32 Å². The predicted molar refractivity (Wildman–Crippen MR) is 98.6 cm³/mol. The van der Waals surface area contributed by atoms with Gasteiger partial charge >= 0.3 is 0 Å². The van der Waals surface area contributed by atoms with Crippen LogP contribution in [-0.4, -0.2) is 41.0 Å². The minimum atomic E-state index is 0.0687. The minimum absolute atomic E-state index is 0.0687. The molecule has 2 atom stereocenters. The lowest BCUT2D eigenvalue weighted by Crippen LogP contribution is -2.54. The summed E-state index contributed by atoms with van der Waals surface area (Å²) in [7, 11) is 0. The van der Waals surface area contributed by atoms with Crippen LogP contribution in [-0.2, 0) is 0 Å². The van der Waals surface area contributed by atoms with Crippen LogP contribution in [0.4, 0.5) is 0 Å². The predicted octanol–water partition coefficient (Wildman–Crippen LogP) is 3.82. The molecule has 0 radical (unpaired) electrons. The molecule has 1 amide bonds. The van der Waals surface area contributed by atoms with Crippen molar-refractivity contribution in [1.29, 1.82) is 0 Å². The van der Waals surface area contributed by atoms with Gasteiger partial charge in [-0.2, -0.15) is 0 Å². The molecule has 2 fully saturated rings. The van der Waals surface area contributed by atoms with Crippen LogP contribution in [0.15, 0.2) is 23.7 Å². The lowest BCUT2D eigenvalue weighted by atomic mass is 9.88. The van der Waals surface area contributed by atoms with E-state index in [-0.39, 0.29) is 5.91 Å². The van der Waals surface area contributed by atoms with E-state index < -0.39 is 0 Å². The normalized spacial score (nSPS) is 25.7. The Labute approximate surface area is 147 Å². The van der Waals surface area contributed by atoms with Gasteiger partial charge in [0.05, 0.1) is 15.7 Å². The molecule has 4 rings (SSSR count). The summed E-state index contributed by atoms with van der Waals surface area (Å²) in [6.07, 6.45) is 8.81. The first-order valence-corrected chi connectivity index (χ1v) is 10.1. The number of aromatic nitrogens is 1. The zero-order chi connectivity index (χ0) is 16.4. The molecule has 24 heavy (non-hydrogen) atoms. The highest BCUT2D eigenvalue weighted by Gasteiger charge is 2.31. The number of benzene rings is 1. The summed E-state index contributed by atoms with van der Waals surface area (Å²) in [5.74, 6) is 0.0687. The fourth-order valence-corrected chi connectivity index (χ4v) is 4.93. The number of thiazole rings is 1. The minimum Gasteiger partial charge on any atom is -0.348 e. The number of likely N-dealkylation sites (tertiary alicyclic amines) is 1. The van der Waals surface area contributed by atoms with E-state index in [4.69, 9.17) is 0 Å². The number of amides is 1. The summed E-state index contributed by atoms with van der Waals surface area (Å²) in [5.41, 5.74) is 3.56. The number of nitrogens with zero attached hydrogens (tertiary/aromatic N) is 2. The standard InChI is InChI=1S/C19H25N3OS/c23-19(14-8-9-16-18(12-14)24-13-20-16)21-15-6-2-3-7-17(15)22-10-4-1-5-11-22/h8-9,12-13,15,17H,1-7,10-11H2,(H,21,23)/t15-,17-/m1/s1. The van der Waals surface area contributed by atoms with Crippen molar-refractivity contribution in [2.45, 2.75) is 57.0 Å². The molecule has 2 aromatic rings. The summed E-state index contributed by atoms with van der Waals surface area (Å²) >= 11 is 1.59. The van der Waals surface area contributed by atoms with Crippen molar-refractivity contribution in [2.75, 3.05) is 13.1 Å². The molecule has 1 aliphatic heterocycles. The molecule has 1 saturated carbocycles. The Morgan fingerprint density at radius 3 is 2.83 bits per heavy atom. The zero-order valence-corrected chi connectivity index (χ0v) is 14.9. The van der Waals surface area contributed by atoms with Gasteiger partial charge in [-0.15, -0.1) is 11.3 Å². The van der Waals surface area contributed by atoms with Crippen LogP contribution in [0.5, 0.6) is 0 Å². The first-order valence-electron chi connectivity index (χ1n) is 9.19. The molecule has 1 aliphatic carbocycles. The highest BCUT2D eigenvalue weighted by atomic mass is 32.1. The second-order valence-corrected chi connectivity index (χ2v) is 7.95. The van der Waals surface area contributed by atoms with Crippen LogP contribution >= 0.6 is 11.3 Å². The summed E-state index contributed by atoms with van der Waals surface area (Å²) in [6.45, 7) is 2.40. The first-order chi connectivity index (χ1) is 11.8. The van der Waals surface area contributed by atoms with Gasteiger partial charge in [0.1, 0.15) is 0 Å². The molecule has 1 saturated heterocycles. The van der Waals surface area contributed by atoms with Crippen LogP contribution in [0.3, 0.4) is 0 Å². The van der Waals surface area contributed by atoms with E-state index in [1.165, 1.54) is 51.6 Å². The topological polar surface area (TPSA) is 45.2 Å². The molecule has 2 heterocycles. The second kappa shape index (κ2) is 7.19. The van der Waals surface area contributed by atoms with Crippen LogP contribution in [0.2, 0.25) is 0 Å². The van der Waals surface area contributed by atoms with Crippen molar-refractivity contribution in [3.05, 3.63) is 29.3 Å². The molecular weight excluding hydrogens is 318 g/mol. The number of nitrogens with one attached hydrogen (secondary N) is 1. The van der Waals surface area contributed by atoms with Crippen molar-refractivity contribution in [3.63, 3.8) is 0 Å². The van der Waals surface area contributed by atoms with Crippen LogP contribution in [0.25, 0.3) is 10.2 Å². The maximum Gasteiger partial charge on any atom is 0.251 e. The van der Waals surface area contributed by atoms with E-state index in [2.05, 4.69) is 15.2 Å². The number of hydrogen-bond donors (Lipinski definition) is 1. The van der Waals surface area contributed by atoms with Crippen molar-refractivity contribution in [1.82, 2.24) is 15.2 Å². The summed E-state index contributed by atoms with van der Waals surface area (Å²) in [6, 6.07) is 6.64. The van der Waals surface area contributed by atoms with Gasteiger partial charge in [0, 0.05) is 17.6 Å². The van der Waals surface area contributed by atoms with Crippen molar-refractivity contribution in [3.8, 4) is 0 Å². The molecule has 1 aromatic heterocycles. The third kappa shape index (κ3) is 3.33. The number of piperidine rings is 1. The van der Waals surface area contributed by atoms with Crippen LogP contribution in [0, 0.1) is 0 Å². The molecule has 0 unspecified atom stereocenters. The van der Waals surface area contributed by atoms with E-state index in [0.717, 1.165) is 22.2 Å². The quantitative estimate of drug-likeness (QED) is 0.921. The highest BCUT2D eigenvalue weighted by molar-refractivity contribution is 7.16. The molecule has 1 N–H and O–H groups in total. The summed E-state index contributed by atoms with van der Waals surface area (Å²) < 4.78 is 1.08. The molecule has 0 spiro atoms. The Bertz CT molecular complexity index is 707. The van der Waals surface area contributed by atoms with Crippen molar-refractivity contribution < 1.29 is 4.79 Å². The molecule has 4 nitrogen and oxygen atoms in total.